The first-order chi connectivity index (χ1) is 7.16. The van der Waals surface area contributed by atoms with E-state index in [2.05, 4.69) is 58.6 Å². The molecule has 84 valence electrons. The third-order valence-electron chi connectivity index (χ3n) is 3.00. The van der Waals surface area contributed by atoms with Crippen molar-refractivity contribution in [3.8, 4) is 0 Å². The van der Waals surface area contributed by atoms with Crippen LogP contribution in [0.3, 0.4) is 0 Å². The van der Waals surface area contributed by atoms with Crippen molar-refractivity contribution in [1.29, 1.82) is 0 Å². The summed E-state index contributed by atoms with van der Waals surface area (Å²) >= 11 is 7.47. The number of thioether (sulfide) groups is 1. The van der Waals surface area contributed by atoms with E-state index in [1.165, 1.54) is 21.0 Å². The highest BCUT2D eigenvalue weighted by Gasteiger charge is 2.25. The van der Waals surface area contributed by atoms with Crippen molar-refractivity contribution in [2.75, 3.05) is 12.3 Å². The van der Waals surface area contributed by atoms with Gasteiger partial charge in [-0.2, -0.15) is 11.8 Å². The van der Waals surface area contributed by atoms with Gasteiger partial charge in [-0.1, -0.05) is 6.92 Å². The summed E-state index contributed by atoms with van der Waals surface area (Å²) in [5.74, 6) is 1.28. The van der Waals surface area contributed by atoms with E-state index in [1.807, 2.05) is 11.3 Å². The van der Waals surface area contributed by atoms with Crippen molar-refractivity contribution in [3.05, 3.63) is 20.8 Å². The van der Waals surface area contributed by atoms with Crippen LogP contribution in [-0.2, 0) is 6.54 Å². The fourth-order valence-corrected chi connectivity index (χ4v) is 4.53. The number of hydrogen-bond donors (Lipinski definition) is 0. The summed E-state index contributed by atoms with van der Waals surface area (Å²) in [7, 11) is 0. The molecular formula is C11H16BrNS2. The molecule has 0 amide bonds. The van der Waals surface area contributed by atoms with E-state index in [0.29, 0.717) is 6.04 Å². The summed E-state index contributed by atoms with van der Waals surface area (Å²) in [5.41, 5.74) is 0. The van der Waals surface area contributed by atoms with E-state index in [0.717, 1.165) is 11.8 Å². The minimum atomic E-state index is 0.699. The number of thiophene rings is 1. The van der Waals surface area contributed by atoms with Crippen LogP contribution in [0.2, 0.25) is 0 Å². The SMILES string of the molecule is CC1SCCN(Cc2ccc(Br)s2)C1C. The average molecular weight is 306 g/mol. The summed E-state index contributed by atoms with van der Waals surface area (Å²) in [5, 5.41) is 0.766. The van der Waals surface area contributed by atoms with Crippen LogP contribution in [-0.4, -0.2) is 28.5 Å². The molecule has 0 aliphatic carbocycles. The molecule has 2 heterocycles. The first kappa shape index (κ1) is 12.0. The fourth-order valence-electron chi connectivity index (χ4n) is 1.86. The highest BCUT2D eigenvalue weighted by Crippen LogP contribution is 2.28. The lowest BCUT2D eigenvalue weighted by molar-refractivity contribution is 0.206. The predicted molar refractivity (Wildman–Crippen MR) is 73.8 cm³/mol. The predicted octanol–water partition coefficient (Wildman–Crippen LogP) is 3.84. The maximum Gasteiger partial charge on any atom is 0.0701 e. The highest BCUT2D eigenvalue weighted by atomic mass is 79.9. The van der Waals surface area contributed by atoms with Crippen LogP contribution in [0.25, 0.3) is 0 Å². The average Bonchev–Trinajstić information content (AvgIpc) is 2.59. The molecule has 0 N–H and O–H groups in total. The molecule has 0 bridgehead atoms. The molecule has 1 aromatic heterocycles. The molecule has 15 heavy (non-hydrogen) atoms. The van der Waals surface area contributed by atoms with Gasteiger partial charge in [0.1, 0.15) is 0 Å². The van der Waals surface area contributed by atoms with Crippen LogP contribution in [0.5, 0.6) is 0 Å². The molecule has 1 aliphatic heterocycles. The van der Waals surface area contributed by atoms with E-state index in [9.17, 15) is 0 Å². The molecule has 1 saturated heterocycles. The number of hydrogen-bond acceptors (Lipinski definition) is 3. The summed E-state index contributed by atoms with van der Waals surface area (Å²) in [6.07, 6.45) is 0. The van der Waals surface area contributed by atoms with E-state index in [-0.39, 0.29) is 0 Å². The third kappa shape index (κ3) is 2.99. The minimum absolute atomic E-state index is 0.699. The minimum Gasteiger partial charge on any atom is -0.294 e. The Hall–Kier alpha value is 0.490. The Kier molecular flexibility index (Phi) is 4.16. The van der Waals surface area contributed by atoms with Gasteiger partial charge in [0.05, 0.1) is 3.79 Å². The van der Waals surface area contributed by atoms with E-state index in [4.69, 9.17) is 0 Å². The van der Waals surface area contributed by atoms with Gasteiger partial charge < -0.3 is 0 Å². The van der Waals surface area contributed by atoms with Crippen molar-refractivity contribution in [3.63, 3.8) is 0 Å². The Balaban J connectivity index is 1.99. The molecule has 2 unspecified atom stereocenters. The van der Waals surface area contributed by atoms with Gasteiger partial charge in [0.25, 0.3) is 0 Å². The van der Waals surface area contributed by atoms with Crippen molar-refractivity contribution in [2.24, 2.45) is 0 Å². The molecule has 1 nitrogen and oxygen atoms in total. The zero-order valence-electron chi connectivity index (χ0n) is 9.07. The van der Waals surface area contributed by atoms with Crippen LogP contribution in [0.4, 0.5) is 0 Å². The summed E-state index contributed by atoms with van der Waals surface area (Å²) < 4.78 is 1.24. The summed E-state index contributed by atoms with van der Waals surface area (Å²) in [6, 6.07) is 5.07. The first-order valence-corrected chi connectivity index (χ1v) is 7.92. The van der Waals surface area contributed by atoms with Gasteiger partial charge in [0.2, 0.25) is 0 Å². The smallest absolute Gasteiger partial charge is 0.0701 e. The van der Waals surface area contributed by atoms with Crippen LogP contribution in [0.15, 0.2) is 15.9 Å². The molecule has 4 heteroatoms. The molecule has 1 aromatic rings. The number of halogens is 1. The van der Waals surface area contributed by atoms with E-state index >= 15 is 0 Å². The van der Waals surface area contributed by atoms with Crippen LogP contribution >= 0.6 is 39.0 Å². The standard InChI is InChI=1S/C11H16BrNS2/c1-8-9(2)14-6-5-13(8)7-10-3-4-11(12)15-10/h3-4,8-9H,5-7H2,1-2H3. The third-order valence-corrected chi connectivity index (χ3v) is 5.95. The second kappa shape index (κ2) is 5.21. The molecule has 2 rings (SSSR count). The molecule has 0 aromatic carbocycles. The van der Waals surface area contributed by atoms with Gasteiger partial charge in [0.15, 0.2) is 0 Å². The van der Waals surface area contributed by atoms with Crippen LogP contribution in [0, 0.1) is 0 Å². The van der Waals surface area contributed by atoms with Gasteiger partial charge in [-0.15, -0.1) is 11.3 Å². The molecule has 1 fully saturated rings. The Labute approximate surface area is 108 Å². The lowest BCUT2D eigenvalue weighted by Gasteiger charge is -2.37. The van der Waals surface area contributed by atoms with Crippen molar-refractivity contribution >= 4 is 39.0 Å². The van der Waals surface area contributed by atoms with Crippen molar-refractivity contribution in [1.82, 2.24) is 4.90 Å². The molecule has 0 radical (unpaired) electrons. The molecule has 0 spiro atoms. The zero-order chi connectivity index (χ0) is 10.8. The largest absolute Gasteiger partial charge is 0.294 e. The van der Waals surface area contributed by atoms with Gasteiger partial charge >= 0.3 is 0 Å². The van der Waals surface area contributed by atoms with E-state index in [1.54, 1.807) is 0 Å². The molecule has 1 aliphatic rings. The van der Waals surface area contributed by atoms with Crippen LogP contribution < -0.4 is 0 Å². The lowest BCUT2D eigenvalue weighted by Crippen LogP contribution is -2.43. The Morgan fingerprint density at radius 3 is 2.93 bits per heavy atom. The van der Waals surface area contributed by atoms with Gasteiger partial charge in [-0.25, -0.2) is 0 Å². The lowest BCUT2D eigenvalue weighted by atomic mass is 10.2. The van der Waals surface area contributed by atoms with Crippen molar-refractivity contribution in [2.45, 2.75) is 31.7 Å². The Morgan fingerprint density at radius 2 is 2.27 bits per heavy atom. The second-order valence-corrected chi connectivity index (χ2v) is 8.03. The topological polar surface area (TPSA) is 3.24 Å². The van der Waals surface area contributed by atoms with Crippen LogP contribution in [0.1, 0.15) is 18.7 Å². The zero-order valence-corrected chi connectivity index (χ0v) is 12.3. The quantitative estimate of drug-likeness (QED) is 0.817. The Morgan fingerprint density at radius 1 is 1.47 bits per heavy atom. The maximum absolute atomic E-state index is 3.52. The molecular weight excluding hydrogens is 290 g/mol. The normalized spacial score (nSPS) is 28.2. The monoisotopic (exact) mass is 305 g/mol. The second-order valence-electron chi connectivity index (χ2n) is 3.99. The maximum atomic E-state index is 3.52. The highest BCUT2D eigenvalue weighted by molar-refractivity contribution is 9.11. The van der Waals surface area contributed by atoms with Gasteiger partial charge in [-0.3, -0.25) is 4.90 Å². The van der Waals surface area contributed by atoms with Gasteiger partial charge in [-0.05, 0) is 35.0 Å². The van der Waals surface area contributed by atoms with Crippen molar-refractivity contribution < 1.29 is 0 Å². The summed E-state index contributed by atoms with van der Waals surface area (Å²) in [6.45, 7) is 7.03. The fraction of sp³-hybridized carbons (Fsp3) is 0.636. The molecule has 0 saturated carbocycles. The Bertz CT molecular complexity index is 326. The number of rotatable bonds is 2. The first-order valence-electron chi connectivity index (χ1n) is 5.26. The summed E-state index contributed by atoms with van der Waals surface area (Å²) in [4.78, 5) is 4.06. The number of nitrogens with zero attached hydrogens (tertiary/aromatic N) is 1. The molecule has 2 atom stereocenters. The van der Waals surface area contributed by atoms with Gasteiger partial charge in [0, 0.05) is 35.0 Å². The van der Waals surface area contributed by atoms with E-state index < -0.39 is 0 Å².